The molecule has 130 valence electrons. The molecule has 0 spiro atoms. The highest BCUT2D eigenvalue weighted by molar-refractivity contribution is 5.85. The first-order valence-electron chi connectivity index (χ1n) is 7.95. The molecule has 7 heteroatoms. The molecular formula is C15H30ClN3O3. The van der Waals surface area contributed by atoms with Gasteiger partial charge in [0.15, 0.2) is 0 Å². The summed E-state index contributed by atoms with van der Waals surface area (Å²) in [5, 5.41) is 8.59. The van der Waals surface area contributed by atoms with Crippen molar-refractivity contribution >= 4 is 24.2 Å². The Balaban J connectivity index is 0.00000441. The number of amides is 2. The summed E-state index contributed by atoms with van der Waals surface area (Å²) < 4.78 is 4.87. The SMILES string of the molecule is COCCNCC(=O)NCCNC(=O)CC1CCCCC1.Cl. The van der Waals surface area contributed by atoms with Crippen LogP contribution in [-0.4, -0.2) is 51.7 Å². The lowest BCUT2D eigenvalue weighted by Crippen LogP contribution is -2.39. The molecule has 0 bridgehead atoms. The van der Waals surface area contributed by atoms with Crippen LogP contribution in [0, 0.1) is 5.92 Å². The van der Waals surface area contributed by atoms with Crippen LogP contribution in [-0.2, 0) is 14.3 Å². The first kappa shape index (κ1) is 21.1. The average Bonchev–Trinajstić information content (AvgIpc) is 2.49. The summed E-state index contributed by atoms with van der Waals surface area (Å²) in [6.45, 7) is 2.49. The lowest BCUT2D eigenvalue weighted by molar-refractivity contribution is -0.123. The fourth-order valence-corrected chi connectivity index (χ4v) is 2.57. The molecule has 1 fully saturated rings. The molecule has 1 aliphatic carbocycles. The van der Waals surface area contributed by atoms with Gasteiger partial charge in [-0.2, -0.15) is 0 Å². The fourth-order valence-electron chi connectivity index (χ4n) is 2.57. The van der Waals surface area contributed by atoms with E-state index in [0.29, 0.717) is 38.6 Å². The van der Waals surface area contributed by atoms with Gasteiger partial charge in [-0.1, -0.05) is 19.3 Å². The van der Waals surface area contributed by atoms with Crippen LogP contribution < -0.4 is 16.0 Å². The van der Waals surface area contributed by atoms with Crippen LogP contribution in [0.5, 0.6) is 0 Å². The van der Waals surface area contributed by atoms with E-state index < -0.39 is 0 Å². The number of hydrogen-bond donors (Lipinski definition) is 3. The van der Waals surface area contributed by atoms with Crippen molar-refractivity contribution in [3.8, 4) is 0 Å². The van der Waals surface area contributed by atoms with Crippen molar-refractivity contribution in [3.05, 3.63) is 0 Å². The van der Waals surface area contributed by atoms with Gasteiger partial charge in [-0.3, -0.25) is 9.59 Å². The first-order chi connectivity index (χ1) is 10.2. The van der Waals surface area contributed by atoms with Crippen LogP contribution in [0.3, 0.4) is 0 Å². The summed E-state index contributed by atoms with van der Waals surface area (Å²) in [7, 11) is 1.62. The maximum Gasteiger partial charge on any atom is 0.234 e. The van der Waals surface area contributed by atoms with Crippen LogP contribution in [0.4, 0.5) is 0 Å². The summed E-state index contributed by atoms with van der Waals surface area (Å²) in [5.41, 5.74) is 0. The van der Waals surface area contributed by atoms with E-state index in [1.807, 2.05) is 0 Å². The van der Waals surface area contributed by atoms with Gasteiger partial charge in [0.1, 0.15) is 0 Å². The monoisotopic (exact) mass is 335 g/mol. The second kappa shape index (κ2) is 13.8. The standard InChI is InChI=1S/C15H29N3O3.ClH/c1-21-10-9-16-12-15(20)18-8-7-17-14(19)11-13-5-3-2-4-6-13;/h13,16H,2-12H2,1H3,(H,17,19)(H,18,20);1H. The van der Waals surface area contributed by atoms with Crippen LogP contribution in [0.2, 0.25) is 0 Å². The minimum atomic E-state index is -0.0624. The molecule has 0 radical (unpaired) electrons. The highest BCUT2D eigenvalue weighted by Crippen LogP contribution is 2.25. The van der Waals surface area contributed by atoms with Crippen molar-refractivity contribution in [2.45, 2.75) is 38.5 Å². The number of ether oxygens (including phenoxy) is 1. The number of carbonyl (C=O) groups is 2. The van der Waals surface area contributed by atoms with Crippen molar-refractivity contribution in [2.24, 2.45) is 5.92 Å². The van der Waals surface area contributed by atoms with Crippen LogP contribution in [0.15, 0.2) is 0 Å². The van der Waals surface area contributed by atoms with Crippen molar-refractivity contribution in [3.63, 3.8) is 0 Å². The summed E-state index contributed by atoms with van der Waals surface area (Å²) in [6, 6.07) is 0. The van der Waals surface area contributed by atoms with Crippen molar-refractivity contribution in [2.75, 3.05) is 39.9 Å². The number of rotatable bonds is 10. The number of halogens is 1. The Kier molecular flexibility index (Phi) is 13.3. The van der Waals surface area contributed by atoms with E-state index in [1.165, 1.54) is 32.1 Å². The first-order valence-corrected chi connectivity index (χ1v) is 7.95. The largest absolute Gasteiger partial charge is 0.383 e. The van der Waals surface area contributed by atoms with Crippen LogP contribution in [0.25, 0.3) is 0 Å². The lowest BCUT2D eigenvalue weighted by Gasteiger charge is -2.20. The van der Waals surface area contributed by atoms with E-state index in [1.54, 1.807) is 7.11 Å². The van der Waals surface area contributed by atoms with Gasteiger partial charge >= 0.3 is 0 Å². The molecular weight excluding hydrogens is 306 g/mol. The predicted molar refractivity (Wildman–Crippen MR) is 89.2 cm³/mol. The molecule has 0 heterocycles. The maximum absolute atomic E-state index is 11.7. The predicted octanol–water partition coefficient (Wildman–Crippen LogP) is 0.847. The van der Waals surface area contributed by atoms with Gasteiger partial charge in [0.25, 0.3) is 0 Å². The number of methoxy groups -OCH3 is 1. The molecule has 0 aromatic heterocycles. The summed E-state index contributed by atoms with van der Waals surface area (Å²) in [6.07, 6.45) is 6.80. The highest BCUT2D eigenvalue weighted by Gasteiger charge is 2.16. The topological polar surface area (TPSA) is 79.5 Å². The van der Waals surface area contributed by atoms with Gasteiger partial charge in [0.2, 0.25) is 11.8 Å². The zero-order valence-electron chi connectivity index (χ0n) is 13.5. The summed E-state index contributed by atoms with van der Waals surface area (Å²) in [4.78, 5) is 23.2. The third-order valence-electron chi connectivity index (χ3n) is 3.74. The van der Waals surface area contributed by atoms with E-state index in [9.17, 15) is 9.59 Å². The molecule has 1 rings (SSSR count). The minimum Gasteiger partial charge on any atom is -0.383 e. The molecule has 3 N–H and O–H groups in total. The second-order valence-electron chi connectivity index (χ2n) is 5.58. The molecule has 1 aliphatic rings. The van der Waals surface area contributed by atoms with Gasteiger partial charge in [-0.15, -0.1) is 12.4 Å². The summed E-state index contributed by atoms with van der Waals surface area (Å²) in [5.74, 6) is 0.598. The number of carbonyl (C=O) groups excluding carboxylic acids is 2. The average molecular weight is 336 g/mol. The molecule has 0 unspecified atom stereocenters. The van der Waals surface area contributed by atoms with E-state index in [4.69, 9.17) is 4.74 Å². The van der Waals surface area contributed by atoms with Gasteiger partial charge in [-0.25, -0.2) is 0 Å². The Labute approximate surface area is 139 Å². The fraction of sp³-hybridized carbons (Fsp3) is 0.867. The van der Waals surface area contributed by atoms with E-state index in [2.05, 4.69) is 16.0 Å². The summed E-state index contributed by atoms with van der Waals surface area (Å²) >= 11 is 0. The zero-order chi connectivity index (χ0) is 15.3. The molecule has 0 aromatic rings. The molecule has 0 atom stereocenters. The zero-order valence-corrected chi connectivity index (χ0v) is 14.3. The molecule has 6 nitrogen and oxygen atoms in total. The molecule has 2 amide bonds. The van der Waals surface area contributed by atoms with Crippen LogP contribution in [0.1, 0.15) is 38.5 Å². The van der Waals surface area contributed by atoms with Gasteiger partial charge in [0, 0.05) is 33.2 Å². The van der Waals surface area contributed by atoms with E-state index >= 15 is 0 Å². The Morgan fingerprint density at radius 2 is 1.64 bits per heavy atom. The molecule has 1 saturated carbocycles. The van der Waals surface area contributed by atoms with Gasteiger partial charge in [-0.05, 0) is 18.8 Å². The Bertz CT molecular complexity index is 310. The van der Waals surface area contributed by atoms with Gasteiger partial charge in [0.05, 0.1) is 13.2 Å². The number of hydrogen-bond acceptors (Lipinski definition) is 4. The molecule has 0 saturated heterocycles. The van der Waals surface area contributed by atoms with Crippen LogP contribution >= 0.6 is 12.4 Å². The Hall–Kier alpha value is -0.850. The Morgan fingerprint density at radius 1 is 1.00 bits per heavy atom. The normalized spacial score (nSPS) is 15.0. The van der Waals surface area contributed by atoms with Gasteiger partial charge < -0.3 is 20.7 Å². The minimum absolute atomic E-state index is 0. The van der Waals surface area contributed by atoms with Crippen molar-refractivity contribution < 1.29 is 14.3 Å². The van der Waals surface area contributed by atoms with Crippen molar-refractivity contribution in [1.29, 1.82) is 0 Å². The van der Waals surface area contributed by atoms with Crippen molar-refractivity contribution in [1.82, 2.24) is 16.0 Å². The third-order valence-corrected chi connectivity index (χ3v) is 3.74. The second-order valence-corrected chi connectivity index (χ2v) is 5.58. The maximum atomic E-state index is 11.7. The molecule has 0 aliphatic heterocycles. The molecule has 0 aromatic carbocycles. The van der Waals surface area contributed by atoms with E-state index in [0.717, 1.165) is 0 Å². The lowest BCUT2D eigenvalue weighted by atomic mass is 9.87. The quantitative estimate of drug-likeness (QED) is 0.517. The Morgan fingerprint density at radius 3 is 2.27 bits per heavy atom. The third kappa shape index (κ3) is 10.8. The highest BCUT2D eigenvalue weighted by atomic mass is 35.5. The number of nitrogens with one attached hydrogen (secondary N) is 3. The smallest absolute Gasteiger partial charge is 0.234 e. The molecule has 22 heavy (non-hydrogen) atoms. The van der Waals surface area contributed by atoms with E-state index in [-0.39, 0.29) is 30.8 Å².